The Labute approximate surface area is 223 Å². The maximum absolute atomic E-state index is 13.6. The van der Waals surface area contributed by atoms with Crippen LogP contribution in [0.5, 0.6) is 5.75 Å². The van der Waals surface area contributed by atoms with E-state index >= 15 is 0 Å². The monoisotopic (exact) mass is 526 g/mol. The summed E-state index contributed by atoms with van der Waals surface area (Å²) in [6, 6.07) is 21.5. The molecule has 3 aromatic carbocycles. The van der Waals surface area contributed by atoms with Crippen molar-refractivity contribution in [2.45, 2.75) is 52.2 Å². The van der Waals surface area contributed by atoms with Gasteiger partial charge in [-0.25, -0.2) is 0 Å². The molecular formula is C29H32Cl2N2O3. The van der Waals surface area contributed by atoms with Crippen LogP contribution in [-0.2, 0) is 22.6 Å². The number of nitrogens with one attached hydrogen (secondary N) is 1. The van der Waals surface area contributed by atoms with Gasteiger partial charge in [0.25, 0.3) is 5.91 Å². The lowest BCUT2D eigenvalue weighted by atomic mass is 10.0. The van der Waals surface area contributed by atoms with Gasteiger partial charge in [-0.2, -0.15) is 0 Å². The molecule has 5 nitrogen and oxygen atoms in total. The Morgan fingerprint density at radius 1 is 1.00 bits per heavy atom. The summed E-state index contributed by atoms with van der Waals surface area (Å²) >= 11 is 12.6. The van der Waals surface area contributed by atoms with Crippen LogP contribution in [0.1, 0.15) is 37.0 Å². The van der Waals surface area contributed by atoms with Crippen molar-refractivity contribution < 1.29 is 14.3 Å². The van der Waals surface area contributed by atoms with Crippen LogP contribution in [0.3, 0.4) is 0 Å². The average molecular weight is 527 g/mol. The molecule has 0 fully saturated rings. The van der Waals surface area contributed by atoms with E-state index in [1.54, 1.807) is 29.2 Å². The van der Waals surface area contributed by atoms with Gasteiger partial charge in [0.15, 0.2) is 6.61 Å². The van der Waals surface area contributed by atoms with Crippen molar-refractivity contribution in [2.75, 3.05) is 6.61 Å². The lowest BCUT2D eigenvalue weighted by Gasteiger charge is -2.32. The van der Waals surface area contributed by atoms with Gasteiger partial charge in [0, 0.05) is 29.1 Å². The van der Waals surface area contributed by atoms with E-state index in [1.165, 1.54) is 0 Å². The van der Waals surface area contributed by atoms with Crippen LogP contribution in [0.15, 0.2) is 72.8 Å². The summed E-state index contributed by atoms with van der Waals surface area (Å²) in [5, 5.41) is 3.98. The van der Waals surface area contributed by atoms with E-state index in [2.05, 4.69) is 5.32 Å². The fourth-order valence-corrected chi connectivity index (χ4v) is 4.23. The second-order valence-corrected chi connectivity index (χ2v) is 9.73. The van der Waals surface area contributed by atoms with Crippen molar-refractivity contribution in [3.8, 4) is 5.75 Å². The van der Waals surface area contributed by atoms with Crippen molar-refractivity contribution in [1.29, 1.82) is 0 Å². The molecule has 36 heavy (non-hydrogen) atoms. The highest BCUT2D eigenvalue weighted by atomic mass is 35.5. The normalized spacial score (nSPS) is 12.5. The van der Waals surface area contributed by atoms with Crippen LogP contribution >= 0.6 is 23.2 Å². The quantitative estimate of drug-likeness (QED) is 0.322. The van der Waals surface area contributed by atoms with E-state index in [1.807, 2.05) is 69.3 Å². The Hall–Kier alpha value is -3.02. The molecule has 0 radical (unpaired) electrons. The third-order valence-electron chi connectivity index (χ3n) is 5.98. The van der Waals surface area contributed by atoms with Gasteiger partial charge in [0.05, 0.1) is 0 Å². The zero-order valence-corrected chi connectivity index (χ0v) is 22.4. The molecule has 2 amide bonds. The van der Waals surface area contributed by atoms with Gasteiger partial charge < -0.3 is 15.0 Å². The topological polar surface area (TPSA) is 58.6 Å². The number of hydrogen-bond acceptors (Lipinski definition) is 3. The van der Waals surface area contributed by atoms with Crippen LogP contribution in [0.4, 0.5) is 0 Å². The van der Waals surface area contributed by atoms with Crippen molar-refractivity contribution in [3.63, 3.8) is 0 Å². The zero-order chi connectivity index (χ0) is 26.1. The molecule has 0 heterocycles. The average Bonchev–Trinajstić information content (AvgIpc) is 2.86. The summed E-state index contributed by atoms with van der Waals surface area (Å²) in [4.78, 5) is 28.7. The van der Waals surface area contributed by atoms with Gasteiger partial charge >= 0.3 is 0 Å². The number of hydrogen-bond donors (Lipinski definition) is 1. The molecule has 0 bridgehead atoms. The van der Waals surface area contributed by atoms with Crippen LogP contribution < -0.4 is 10.1 Å². The van der Waals surface area contributed by atoms with Gasteiger partial charge in [-0.05, 0) is 61.2 Å². The molecule has 0 spiro atoms. The SMILES string of the molecule is CC[C@@H](C)NC(=O)[C@H](Cc1ccccc1)N(Cc1ccc(Cl)cc1Cl)C(=O)COc1cccc(C)c1. The van der Waals surface area contributed by atoms with Gasteiger partial charge in [-0.3, -0.25) is 9.59 Å². The second kappa shape index (κ2) is 13.3. The molecule has 0 unspecified atom stereocenters. The Bertz CT molecular complexity index is 1170. The number of amides is 2. The van der Waals surface area contributed by atoms with E-state index in [0.29, 0.717) is 27.8 Å². The molecule has 0 aliphatic heterocycles. The van der Waals surface area contributed by atoms with E-state index in [-0.39, 0.29) is 31.0 Å². The zero-order valence-electron chi connectivity index (χ0n) is 20.8. The maximum Gasteiger partial charge on any atom is 0.261 e. The maximum atomic E-state index is 13.6. The Balaban J connectivity index is 1.94. The minimum Gasteiger partial charge on any atom is -0.484 e. The summed E-state index contributed by atoms with van der Waals surface area (Å²) < 4.78 is 5.82. The fourth-order valence-electron chi connectivity index (χ4n) is 3.76. The summed E-state index contributed by atoms with van der Waals surface area (Å²) in [5.74, 6) is 0.0569. The van der Waals surface area contributed by atoms with Crippen molar-refractivity contribution in [3.05, 3.63) is 99.5 Å². The first kappa shape index (κ1) is 27.6. The van der Waals surface area contributed by atoms with Gasteiger partial charge in [-0.15, -0.1) is 0 Å². The van der Waals surface area contributed by atoms with Crippen molar-refractivity contribution in [1.82, 2.24) is 10.2 Å². The van der Waals surface area contributed by atoms with E-state index in [0.717, 1.165) is 17.5 Å². The van der Waals surface area contributed by atoms with Crippen LogP contribution in [0, 0.1) is 6.92 Å². The molecule has 1 N–H and O–H groups in total. The number of rotatable bonds is 11. The first-order valence-corrected chi connectivity index (χ1v) is 12.8. The third-order valence-corrected chi connectivity index (χ3v) is 6.57. The predicted molar refractivity (Wildman–Crippen MR) is 146 cm³/mol. The standard InChI is InChI=1S/C29H32Cl2N2O3/c1-4-21(3)32-29(35)27(16-22-10-6-5-7-11-22)33(18-23-13-14-24(30)17-26(23)31)28(34)19-36-25-12-8-9-20(2)15-25/h5-15,17,21,27H,4,16,18-19H2,1-3H3,(H,32,35)/t21-,27+/m1/s1. The second-order valence-electron chi connectivity index (χ2n) is 8.89. The Morgan fingerprint density at radius 3 is 2.42 bits per heavy atom. The number of halogens is 2. The summed E-state index contributed by atoms with van der Waals surface area (Å²) in [7, 11) is 0. The minimum atomic E-state index is -0.762. The first-order valence-electron chi connectivity index (χ1n) is 12.0. The Morgan fingerprint density at radius 2 is 1.75 bits per heavy atom. The number of ether oxygens (including phenoxy) is 1. The molecule has 0 aliphatic rings. The van der Waals surface area contributed by atoms with Crippen molar-refractivity contribution >= 4 is 35.0 Å². The molecule has 3 rings (SSSR count). The molecule has 3 aromatic rings. The highest BCUT2D eigenvalue weighted by molar-refractivity contribution is 6.35. The minimum absolute atomic E-state index is 0.0320. The number of benzene rings is 3. The molecular weight excluding hydrogens is 495 g/mol. The van der Waals surface area contributed by atoms with Crippen molar-refractivity contribution in [2.24, 2.45) is 0 Å². The highest BCUT2D eigenvalue weighted by Crippen LogP contribution is 2.24. The fraction of sp³-hybridized carbons (Fsp3) is 0.310. The van der Waals surface area contributed by atoms with Crippen LogP contribution in [-0.4, -0.2) is 35.4 Å². The van der Waals surface area contributed by atoms with E-state index < -0.39 is 6.04 Å². The number of nitrogens with zero attached hydrogens (tertiary/aromatic N) is 1. The molecule has 0 aromatic heterocycles. The molecule has 7 heteroatoms. The predicted octanol–water partition coefficient (Wildman–Crippen LogP) is 6.24. The van der Waals surface area contributed by atoms with Crippen LogP contribution in [0.25, 0.3) is 0 Å². The number of carbonyl (C=O) groups is 2. The number of carbonyl (C=O) groups excluding carboxylic acids is 2. The molecule has 2 atom stereocenters. The first-order chi connectivity index (χ1) is 17.3. The largest absolute Gasteiger partial charge is 0.484 e. The molecule has 0 saturated heterocycles. The Kier molecular flexibility index (Phi) is 10.2. The molecule has 0 aliphatic carbocycles. The van der Waals surface area contributed by atoms with Gasteiger partial charge in [0.2, 0.25) is 5.91 Å². The number of aryl methyl sites for hydroxylation is 1. The molecule has 0 saturated carbocycles. The third kappa shape index (κ3) is 8.00. The van der Waals surface area contributed by atoms with E-state index in [4.69, 9.17) is 27.9 Å². The lowest BCUT2D eigenvalue weighted by molar-refractivity contribution is -0.143. The van der Waals surface area contributed by atoms with Crippen LogP contribution in [0.2, 0.25) is 10.0 Å². The summed E-state index contributed by atoms with van der Waals surface area (Å²) in [6.07, 6.45) is 1.13. The smallest absolute Gasteiger partial charge is 0.261 e. The molecule has 190 valence electrons. The lowest BCUT2D eigenvalue weighted by Crippen LogP contribution is -2.53. The van der Waals surface area contributed by atoms with Gasteiger partial charge in [0.1, 0.15) is 11.8 Å². The summed E-state index contributed by atoms with van der Waals surface area (Å²) in [5.41, 5.74) is 2.67. The van der Waals surface area contributed by atoms with E-state index in [9.17, 15) is 9.59 Å². The highest BCUT2D eigenvalue weighted by Gasteiger charge is 2.31. The summed E-state index contributed by atoms with van der Waals surface area (Å²) in [6.45, 7) is 5.83. The van der Waals surface area contributed by atoms with Gasteiger partial charge in [-0.1, -0.05) is 78.7 Å².